The largest absolute Gasteiger partial charge is 0.355 e. The van der Waals surface area contributed by atoms with Crippen molar-refractivity contribution in [2.75, 3.05) is 32.7 Å². The number of carbonyl (C=O) groups excluding carboxylic acids is 3. The number of piperidine rings is 1. The van der Waals surface area contributed by atoms with Gasteiger partial charge in [-0.15, -0.1) is 12.4 Å². The van der Waals surface area contributed by atoms with Crippen molar-refractivity contribution in [1.82, 2.24) is 15.5 Å². The summed E-state index contributed by atoms with van der Waals surface area (Å²) in [5, 5.41) is 9.26. The fourth-order valence-corrected chi connectivity index (χ4v) is 3.49. The van der Waals surface area contributed by atoms with Crippen LogP contribution in [0, 0.1) is 5.92 Å². The number of likely N-dealkylation sites (tertiary alicyclic amines) is 1. The zero-order valence-corrected chi connectivity index (χ0v) is 16.4. The molecule has 2 heterocycles. The van der Waals surface area contributed by atoms with E-state index in [0.717, 1.165) is 12.8 Å². The summed E-state index contributed by atoms with van der Waals surface area (Å²) in [6.45, 7) is 2.51. The maximum atomic E-state index is 12.3. The Bertz CT molecular complexity index is 583. The molecule has 0 bridgehead atoms. The third-order valence-corrected chi connectivity index (χ3v) is 4.91. The minimum absolute atomic E-state index is 0. The summed E-state index contributed by atoms with van der Waals surface area (Å²) >= 11 is 1.48. The number of thiophene rings is 1. The first-order valence-electron chi connectivity index (χ1n) is 8.67. The van der Waals surface area contributed by atoms with Crippen molar-refractivity contribution < 1.29 is 14.4 Å². The van der Waals surface area contributed by atoms with E-state index in [1.807, 2.05) is 5.38 Å². The summed E-state index contributed by atoms with van der Waals surface area (Å²) in [7, 11) is 0. The molecule has 1 saturated heterocycles. The molecule has 1 aliphatic heterocycles. The van der Waals surface area contributed by atoms with Gasteiger partial charge in [-0.05, 0) is 30.7 Å². The summed E-state index contributed by atoms with van der Waals surface area (Å²) in [5.74, 6) is -0.238. The molecular formula is C17H27ClN4O3S. The lowest BCUT2D eigenvalue weighted by Crippen LogP contribution is -2.46. The van der Waals surface area contributed by atoms with Crippen LogP contribution < -0.4 is 16.4 Å². The van der Waals surface area contributed by atoms with Crippen LogP contribution in [0.4, 0.5) is 0 Å². The van der Waals surface area contributed by atoms with Gasteiger partial charge >= 0.3 is 0 Å². The van der Waals surface area contributed by atoms with E-state index in [1.54, 1.807) is 16.3 Å². The van der Waals surface area contributed by atoms with Gasteiger partial charge in [0.15, 0.2) is 0 Å². The fraction of sp³-hybridized carbons (Fsp3) is 0.588. The lowest BCUT2D eigenvalue weighted by Gasteiger charge is -2.32. The molecule has 0 saturated carbocycles. The normalized spacial score (nSPS) is 16.5. The van der Waals surface area contributed by atoms with Crippen molar-refractivity contribution in [3.05, 3.63) is 22.4 Å². The zero-order chi connectivity index (χ0) is 18.1. The first-order chi connectivity index (χ1) is 12.1. The van der Waals surface area contributed by atoms with Crippen LogP contribution in [0.15, 0.2) is 16.8 Å². The summed E-state index contributed by atoms with van der Waals surface area (Å²) in [6.07, 6.45) is 2.61. The number of halogens is 1. The van der Waals surface area contributed by atoms with Crippen LogP contribution in [-0.4, -0.2) is 55.3 Å². The van der Waals surface area contributed by atoms with Crippen LogP contribution in [0.1, 0.15) is 36.0 Å². The maximum absolute atomic E-state index is 12.3. The van der Waals surface area contributed by atoms with E-state index < -0.39 is 0 Å². The summed E-state index contributed by atoms with van der Waals surface area (Å²) in [6, 6.07) is 1.77. The Labute approximate surface area is 164 Å². The van der Waals surface area contributed by atoms with Gasteiger partial charge in [-0.1, -0.05) is 0 Å². The van der Waals surface area contributed by atoms with E-state index in [-0.39, 0.29) is 36.0 Å². The molecule has 9 heteroatoms. The molecule has 0 aliphatic carbocycles. The van der Waals surface area contributed by atoms with Gasteiger partial charge in [-0.25, -0.2) is 0 Å². The lowest BCUT2D eigenvalue weighted by molar-refractivity contribution is -0.135. The maximum Gasteiger partial charge on any atom is 0.252 e. The van der Waals surface area contributed by atoms with Gasteiger partial charge in [0.05, 0.1) is 5.92 Å². The van der Waals surface area contributed by atoms with Crippen molar-refractivity contribution in [1.29, 1.82) is 0 Å². The fourth-order valence-electron chi connectivity index (χ4n) is 2.85. The summed E-state index contributed by atoms with van der Waals surface area (Å²) in [5.41, 5.74) is 6.05. The molecule has 0 radical (unpaired) electrons. The molecule has 1 fully saturated rings. The standard InChI is InChI=1S/C17H26N4O3S.ClH/c18-6-8-20-16(23)13-3-2-9-21(11-13)15(22)4-1-7-19-17(24)14-5-10-25-12-14;/h5,10,12-13H,1-4,6-9,11,18H2,(H,19,24)(H,20,23);1H. The molecule has 7 nitrogen and oxygen atoms in total. The molecule has 146 valence electrons. The van der Waals surface area contributed by atoms with Crippen LogP contribution in [0.5, 0.6) is 0 Å². The van der Waals surface area contributed by atoms with Crippen LogP contribution in [-0.2, 0) is 9.59 Å². The number of nitrogens with zero attached hydrogens (tertiary/aromatic N) is 1. The van der Waals surface area contributed by atoms with E-state index in [2.05, 4.69) is 10.6 Å². The summed E-state index contributed by atoms with van der Waals surface area (Å²) in [4.78, 5) is 37.9. The topological polar surface area (TPSA) is 105 Å². The first kappa shape index (κ1) is 22.4. The van der Waals surface area contributed by atoms with Gasteiger partial charge in [0.25, 0.3) is 5.91 Å². The van der Waals surface area contributed by atoms with Crippen LogP contribution in [0.25, 0.3) is 0 Å². The molecule has 2 rings (SSSR count). The van der Waals surface area contributed by atoms with Gasteiger partial charge in [0, 0.05) is 50.1 Å². The molecule has 3 amide bonds. The number of nitrogens with two attached hydrogens (primary N) is 1. The second kappa shape index (κ2) is 11.9. The Hall–Kier alpha value is -1.64. The number of nitrogens with one attached hydrogen (secondary N) is 2. The lowest BCUT2D eigenvalue weighted by atomic mass is 9.96. The van der Waals surface area contributed by atoms with E-state index in [0.29, 0.717) is 51.1 Å². The second-order valence-electron chi connectivity index (χ2n) is 6.13. The molecule has 4 N–H and O–H groups in total. The number of rotatable bonds is 8. The highest BCUT2D eigenvalue weighted by Gasteiger charge is 2.27. The third-order valence-electron chi connectivity index (χ3n) is 4.22. The highest BCUT2D eigenvalue weighted by Crippen LogP contribution is 2.17. The Morgan fingerprint density at radius 3 is 2.77 bits per heavy atom. The molecule has 1 atom stereocenters. The Morgan fingerprint density at radius 1 is 1.27 bits per heavy atom. The second-order valence-corrected chi connectivity index (χ2v) is 6.91. The van der Waals surface area contributed by atoms with Gasteiger partial charge < -0.3 is 21.3 Å². The number of hydrogen-bond acceptors (Lipinski definition) is 5. The number of amides is 3. The Balaban J connectivity index is 0.00000338. The van der Waals surface area contributed by atoms with Crippen LogP contribution >= 0.6 is 23.7 Å². The molecule has 0 aromatic carbocycles. The van der Waals surface area contributed by atoms with Crippen molar-refractivity contribution in [2.45, 2.75) is 25.7 Å². The highest BCUT2D eigenvalue weighted by molar-refractivity contribution is 7.08. The molecular weight excluding hydrogens is 376 g/mol. The number of hydrogen-bond donors (Lipinski definition) is 3. The van der Waals surface area contributed by atoms with Crippen molar-refractivity contribution in [2.24, 2.45) is 11.7 Å². The molecule has 1 aromatic rings. The molecule has 1 aromatic heterocycles. The number of carbonyl (C=O) groups is 3. The summed E-state index contributed by atoms with van der Waals surface area (Å²) < 4.78 is 0. The monoisotopic (exact) mass is 402 g/mol. The van der Waals surface area contributed by atoms with Gasteiger partial charge in [-0.3, -0.25) is 14.4 Å². The minimum atomic E-state index is -0.150. The minimum Gasteiger partial charge on any atom is -0.355 e. The van der Waals surface area contributed by atoms with Gasteiger partial charge in [0.2, 0.25) is 11.8 Å². The SMILES string of the molecule is Cl.NCCNC(=O)C1CCCN(C(=O)CCCNC(=O)c2ccsc2)C1. The van der Waals surface area contributed by atoms with E-state index in [1.165, 1.54) is 11.3 Å². The average Bonchev–Trinajstić information content (AvgIpc) is 3.17. The van der Waals surface area contributed by atoms with Crippen molar-refractivity contribution >= 4 is 41.5 Å². The van der Waals surface area contributed by atoms with Gasteiger partial charge in [0.1, 0.15) is 0 Å². The Kier molecular flexibility index (Phi) is 10.2. The van der Waals surface area contributed by atoms with E-state index >= 15 is 0 Å². The average molecular weight is 403 g/mol. The molecule has 0 spiro atoms. The highest BCUT2D eigenvalue weighted by atomic mass is 35.5. The quantitative estimate of drug-likeness (QED) is 0.564. The van der Waals surface area contributed by atoms with Crippen molar-refractivity contribution in [3.63, 3.8) is 0 Å². The molecule has 1 unspecified atom stereocenters. The van der Waals surface area contributed by atoms with E-state index in [4.69, 9.17) is 5.73 Å². The van der Waals surface area contributed by atoms with E-state index in [9.17, 15) is 14.4 Å². The Morgan fingerprint density at radius 2 is 2.08 bits per heavy atom. The third kappa shape index (κ3) is 6.93. The molecule has 1 aliphatic rings. The van der Waals surface area contributed by atoms with Crippen LogP contribution in [0.3, 0.4) is 0 Å². The molecule has 26 heavy (non-hydrogen) atoms. The predicted octanol–water partition coefficient (Wildman–Crippen LogP) is 0.993. The first-order valence-corrected chi connectivity index (χ1v) is 9.62. The predicted molar refractivity (Wildman–Crippen MR) is 105 cm³/mol. The smallest absolute Gasteiger partial charge is 0.252 e. The van der Waals surface area contributed by atoms with Crippen LogP contribution in [0.2, 0.25) is 0 Å². The van der Waals surface area contributed by atoms with Gasteiger partial charge in [-0.2, -0.15) is 11.3 Å². The zero-order valence-electron chi connectivity index (χ0n) is 14.7. The van der Waals surface area contributed by atoms with Crippen molar-refractivity contribution in [3.8, 4) is 0 Å².